The van der Waals surface area contributed by atoms with Gasteiger partial charge in [0.1, 0.15) is 5.69 Å². The third-order valence-electron chi connectivity index (χ3n) is 3.09. The first-order valence-corrected chi connectivity index (χ1v) is 6.69. The minimum absolute atomic E-state index is 0.110. The first kappa shape index (κ1) is 15.0. The largest absolute Gasteiger partial charge is 0.433 e. The van der Waals surface area contributed by atoms with E-state index in [0.717, 1.165) is 29.1 Å². The highest BCUT2D eigenvalue weighted by molar-refractivity contribution is 5.68. The number of imidazole rings is 1. The van der Waals surface area contributed by atoms with Crippen LogP contribution < -0.4 is 5.32 Å². The third kappa shape index (κ3) is 3.47. The molecule has 0 unspecified atom stereocenters. The van der Waals surface area contributed by atoms with E-state index in [-0.39, 0.29) is 5.95 Å². The molecule has 0 bridgehead atoms. The molecule has 0 aliphatic heterocycles. The fourth-order valence-electron chi connectivity index (χ4n) is 2.13. The summed E-state index contributed by atoms with van der Waals surface area (Å²) in [6, 6.07) is 6.34. The Morgan fingerprint density at radius 1 is 1.17 bits per heavy atom. The molecule has 0 atom stereocenters. The van der Waals surface area contributed by atoms with Gasteiger partial charge in [-0.05, 0) is 36.8 Å². The highest BCUT2D eigenvalue weighted by Crippen LogP contribution is 2.29. The van der Waals surface area contributed by atoms with E-state index in [1.807, 2.05) is 13.0 Å². The zero-order chi connectivity index (χ0) is 16.4. The molecule has 0 saturated carbocycles. The van der Waals surface area contributed by atoms with Crippen LogP contribution in [0, 0.1) is 6.92 Å². The number of aromatic nitrogens is 4. The maximum Gasteiger partial charge on any atom is 0.433 e. The lowest BCUT2D eigenvalue weighted by atomic mass is 10.1. The summed E-state index contributed by atoms with van der Waals surface area (Å²) in [5, 5.41) is 2.80. The van der Waals surface area contributed by atoms with Gasteiger partial charge in [-0.2, -0.15) is 13.2 Å². The minimum atomic E-state index is -4.51. The molecule has 0 aliphatic rings. The van der Waals surface area contributed by atoms with Crippen LogP contribution in [-0.4, -0.2) is 19.9 Å². The highest BCUT2D eigenvalue weighted by Gasteiger charge is 2.32. The van der Waals surface area contributed by atoms with E-state index < -0.39 is 11.9 Å². The van der Waals surface area contributed by atoms with Crippen molar-refractivity contribution in [2.45, 2.75) is 13.1 Å². The number of halogens is 3. The standard InChI is InChI=1S/C15H12F3N5/c1-9-4-10(12-7-19-8-21-12)6-11(5-9)22-14-20-3-2-13(23-14)15(16,17)18/h2-8H,1H3,(H,19,21)(H,20,22,23). The topological polar surface area (TPSA) is 66.5 Å². The molecule has 0 aliphatic carbocycles. The van der Waals surface area contributed by atoms with Crippen LogP contribution in [0.15, 0.2) is 43.0 Å². The number of hydrogen-bond acceptors (Lipinski definition) is 4. The lowest BCUT2D eigenvalue weighted by Crippen LogP contribution is -2.10. The molecule has 0 radical (unpaired) electrons. The summed E-state index contributed by atoms with van der Waals surface area (Å²) < 4.78 is 38.1. The number of alkyl halides is 3. The molecule has 23 heavy (non-hydrogen) atoms. The van der Waals surface area contributed by atoms with Crippen LogP contribution in [0.1, 0.15) is 11.3 Å². The van der Waals surface area contributed by atoms with E-state index in [1.54, 1.807) is 24.7 Å². The summed E-state index contributed by atoms with van der Waals surface area (Å²) in [6.45, 7) is 1.89. The number of rotatable bonds is 3. The average molecular weight is 319 g/mol. The summed E-state index contributed by atoms with van der Waals surface area (Å²) in [5.41, 5.74) is 2.20. The molecule has 3 rings (SSSR count). The third-order valence-corrected chi connectivity index (χ3v) is 3.09. The smallest absolute Gasteiger partial charge is 0.345 e. The number of anilines is 2. The Morgan fingerprint density at radius 2 is 2.00 bits per heavy atom. The fourth-order valence-corrected chi connectivity index (χ4v) is 2.13. The first-order chi connectivity index (χ1) is 10.9. The van der Waals surface area contributed by atoms with Gasteiger partial charge in [-0.3, -0.25) is 0 Å². The molecule has 1 aromatic carbocycles. The van der Waals surface area contributed by atoms with Gasteiger partial charge in [0.2, 0.25) is 5.95 Å². The Hall–Kier alpha value is -2.90. The molecule has 5 nitrogen and oxygen atoms in total. The second kappa shape index (κ2) is 5.71. The molecule has 0 spiro atoms. The van der Waals surface area contributed by atoms with E-state index in [1.165, 1.54) is 0 Å². The van der Waals surface area contributed by atoms with Crippen molar-refractivity contribution in [3.8, 4) is 11.3 Å². The van der Waals surface area contributed by atoms with Gasteiger partial charge in [-0.25, -0.2) is 15.0 Å². The van der Waals surface area contributed by atoms with Gasteiger partial charge in [-0.15, -0.1) is 0 Å². The Balaban J connectivity index is 1.92. The van der Waals surface area contributed by atoms with Crippen LogP contribution >= 0.6 is 0 Å². The quantitative estimate of drug-likeness (QED) is 0.767. The molecule has 0 saturated heterocycles. The van der Waals surface area contributed by atoms with Crippen molar-refractivity contribution in [3.63, 3.8) is 0 Å². The number of nitrogens with zero attached hydrogens (tertiary/aromatic N) is 3. The molecular weight excluding hydrogens is 307 g/mol. The molecule has 8 heteroatoms. The number of aryl methyl sites for hydroxylation is 1. The maximum absolute atomic E-state index is 12.7. The number of nitrogens with one attached hydrogen (secondary N) is 2. The molecule has 2 aromatic heterocycles. The van der Waals surface area contributed by atoms with Crippen LogP contribution in [0.3, 0.4) is 0 Å². The predicted molar refractivity (Wildman–Crippen MR) is 79.1 cm³/mol. The van der Waals surface area contributed by atoms with Crippen LogP contribution in [0.2, 0.25) is 0 Å². The lowest BCUT2D eigenvalue weighted by Gasteiger charge is -2.10. The second-order valence-electron chi connectivity index (χ2n) is 4.94. The van der Waals surface area contributed by atoms with E-state index in [9.17, 15) is 13.2 Å². The van der Waals surface area contributed by atoms with E-state index in [0.29, 0.717) is 5.69 Å². The molecule has 2 heterocycles. The zero-order valence-electron chi connectivity index (χ0n) is 12.0. The van der Waals surface area contributed by atoms with Crippen molar-refractivity contribution in [2.24, 2.45) is 0 Å². The lowest BCUT2D eigenvalue weighted by molar-refractivity contribution is -0.141. The Kier molecular flexibility index (Phi) is 3.73. The predicted octanol–water partition coefficient (Wildman–Crippen LogP) is 3.94. The van der Waals surface area contributed by atoms with Gasteiger partial charge in [0.25, 0.3) is 0 Å². The van der Waals surface area contributed by atoms with Crippen molar-refractivity contribution >= 4 is 11.6 Å². The van der Waals surface area contributed by atoms with E-state index in [2.05, 4.69) is 25.3 Å². The number of aromatic amines is 1. The molecule has 3 aromatic rings. The van der Waals surface area contributed by atoms with Gasteiger partial charge in [0.05, 0.1) is 18.2 Å². The van der Waals surface area contributed by atoms with Crippen LogP contribution in [0.25, 0.3) is 11.3 Å². The molecule has 0 amide bonds. The fraction of sp³-hybridized carbons (Fsp3) is 0.133. The van der Waals surface area contributed by atoms with Crippen molar-refractivity contribution in [1.29, 1.82) is 0 Å². The van der Waals surface area contributed by atoms with Crippen LogP contribution in [0.5, 0.6) is 0 Å². The van der Waals surface area contributed by atoms with Crippen molar-refractivity contribution in [3.05, 3.63) is 54.2 Å². The van der Waals surface area contributed by atoms with Gasteiger partial charge in [0.15, 0.2) is 0 Å². The van der Waals surface area contributed by atoms with Gasteiger partial charge in [0, 0.05) is 17.4 Å². The number of H-pyrrole nitrogens is 1. The summed E-state index contributed by atoms with van der Waals surface area (Å²) in [7, 11) is 0. The van der Waals surface area contributed by atoms with Crippen molar-refractivity contribution < 1.29 is 13.2 Å². The van der Waals surface area contributed by atoms with E-state index in [4.69, 9.17) is 0 Å². The average Bonchev–Trinajstić information content (AvgIpc) is 3.00. The van der Waals surface area contributed by atoms with Gasteiger partial charge >= 0.3 is 6.18 Å². The second-order valence-corrected chi connectivity index (χ2v) is 4.94. The molecule has 2 N–H and O–H groups in total. The zero-order valence-corrected chi connectivity index (χ0v) is 12.0. The normalized spacial score (nSPS) is 11.5. The Bertz CT molecular complexity index is 812. The van der Waals surface area contributed by atoms with Gasteiger partial charge < -0.3 is 10.3 Å². The SMILES string of the molecule is Cc1cc(Nc2nccc(C(F)(F)F)n2)cc(-c2cnc[nH]2)c1. The number of benzene rings is 1. The Labute approximate surface area is 129 Å². The van der Waals surface area contributed by atoms with E-state index >= 15 is 0 Å². The highest BCUT2D eigenvalue weighted by atomic mass is 19.4. The van der Waals surface area contributed by atoms with Crippen molar-refractivity contribution in [2.75, 3.05) is 5.32 Å². The maximum atomic E-state index is 12.7. The first-order valence-electron chi connectivity index (χ1n) is 6.69. The van der Waals surface area contributed by atoms with Crippen LogP contribution in [-0.2, 0) is 6.18 Å². The van der Waals surface area contributed by atoms with Crippen LogP contribution in [0.4, 0.5) is 24.8 Å². The van der Waals surface area contributed by atoms with Crippen molar-refractivity contribution in [1.82, 2.24) is 19.9 Å². The summed E-state index contributed by atoms with van der Waals surface area (Å²) >= 11 is 0. The number of hydrogen-bond donors (Lipinski definition) is 2. The molecule has 118 valence electrons. The monoisotopic (exact) mass is 319 g/mol. The minimum Gasteiger partial charge on any atom is -0.345 e. The Morgan fingerprint density at radius 3 is 2.70 bits per heavy atom. The summed E-state index contributed by atoms with van der Waals surface area (Å²) in [4.78, 5) is 14.3. The molecule has 0 fully saturated rings. The molecular formula is C15H12F3N5. The summed E-state index contributed by atoms with van der Waals surface area (Å²) in [5.74, 6) is -0.110. The summed E-state index contributed by atoms with van der Waals surface area (Å²) in [6.07, 6.45) is -0.211. The van der Waals surface area contributed by atoms with Gasteiger partial charge in [-0.1, -0.05) is 0 Å².